The Balaban J connectivity index is 0. The van der Waals surface area contributed by atoms with E-state index < -0.39 is 6.43 Å². The lowest BCUT2D eigenvalue weighted by Crippen LogP contribution is -2.31. The van der Waals surface area contributed by atoms with Crippen molar-refractivity contribution in [2.24, 2.45) is 11.8 Å². The van der Waals surface area contributed by atoms with Crippen LogP contribution < -0.4 is 0 Å². The number of hydrogen-bond donors (Lipinski definition) is 0. The lowest BCUT2D eigenvalue weighted by Gasteiger charge is -2.29. The molecule has 1 atom stereocenters. The molecule has 3 heteroatoms. The van der Waals surface area contributed by atoms with Crippen molar-refractivity contribution in [1.29, 1.82) is 0 Å². The summed E-state index contributed by atoms with van der Waals surface area (Å²) in [7, 11) is 0. The van der Waals surface area contributed by atoms with E-state index in [1.807, 2.05) is 20.8 Å². The van der Waals surface area contributed by atoms with Gasteiger partial charge in [-0.15, -0.1) is 0 Å². The summed E-state index contributed by atoms with van der Waals surface area (Å²) in [6.07, 6.45) is -2.44. The summed E-state index contributed by atoms with van der Waals surface area (Å²) in [6.45, 7) is 16.8. The fourth-order valence-electron chi connectivity index (χ4n) is 1.15. The molecule has 0 aliphatic heterocycles. The maximum Gasteiger partial charge on any atom is 0.277 e. The van der Waals surface area contributed by atoms with Gasteiger partial charge in [0.1, 0.15) is 0 Å². The third-order valence-electron chi connectivity index (χ3n) is 2.69. The molecule has 0 aromatic rings. The molecule has 0 saturated carbocycles. The Kier molecular flexibility index (Phi) is 10.7. The monoisotopic (exact) mass is 235 g/mol. The molecule has 98 valence electrons. The van der Waals surface area contributed by atoms with Crippen molar-refractivity contribution in [2.45, 2.75) is 48.0 Å². The van der Waals surface area contributed by atoms with Crippen molar-refractivity contribution in [1.82, 2.24) is 4.90 Å². The molecule has 1 nitrogen and oxygen atoms in total. The summed E-state index contributed by atoms with van der Waals surface area (Å²) in [4.78, 5) is 1.66. The van der Waals surface area contributed by atoms with E-state index in [9.17, 15) is 8.78 Å². The van der Waals surface area contributed by atoms with Crippen LogP contribution in [-0.2, 0) is 0 Å². The van der Waals surface area contributed by atoms with E-state index >= 15 is 0 Å². The molecule has 0 aromatic carbocycles. The summed E-state index contributed by atoms with van der Waals surface area (Å²) in [6, 6.07) is 0. The van der Waals surface area contributed by atoms with Gasteiger partial charge >= 0.3 is 0 Å². The second kappa shape index (κ2) is 9.61. The molecule has 16 heavy (non-hydrogen) atoms. The van der Waals surface area contributed by atoms with Gasteiger partial charge in [-0.1, -0.05) is 41.2 Å². The maximum atomic E-state index is 12.4. The van der Waals surface area contributed by atoms with Gasteiger partial charge in [-0.25, -0.2) is 8.78 Å². The van der Waals surface area contributed by atoms with Gasteiger partial charge in [0.2, 0.25) is 0 Å². The molecule has 0 aliphatic rings. The van der Waals surface area contributed by atoms with Crippen molar-refractivity contribution >= 4 is 0 Å². The highest BCUT2D eigenvalue weighted by Crippen LogP contribution is 2.17. The number of allylic oxidation sites excluding steroid dienone is 1. The molecular weight excluding hydrogens is 208 g/mol. The zero-order valence-electron chi connectivity index (χ0n) is 11.6. The topological polar surface area (TPSA) is 3.24 Å². The predicted molar refractivity (Wildman–Crippen MR) is 67.7 cm³/mol. The molecule has 0 saturated heterocycles. The maximum absolute atomic E-state index is 12.4. The minimum atomic E-state index is -2.44. The predicted octanol–water partition coefficient (Wildman–Crippen LogP) is 4.41. The fourth-order valence-corrected chi connectivity index (χ4v) is 1.15. The molecule has 1 unspecified atom stereocenters. The number of hydrogen-bond acceptors (Lipinski definition) is 1. The lowest BCUT2D eigenvalue weighted by molar-refractivity contribution is 0.131. The molecule has 0 rings (SSSR count). The van der Waals surface area contributed by atoms with Gasteiger partial charge in [0.15, 0.2) is 0 Å². The molecular formula is C13H27F2N. The van der Waals surface area contributed by atoms with Crippen LogP contribution in [-0.4, -0.2) is 24.4 Å². The van der Waals surface area contributed by atoms with Crippen LogP contribution in [0.5, 0.6) is 0 Å². The van der Waals surface area contributed by atoms with Gasteiger partial charge < -0.3 is 4.90 Å². The minimum absolute atomic E-state index is 0.0556. The molecule has 0 heterocycles. The Bertz CT molecular complexity index is 179. The second-order valence-corrected chi connectivity index (χ2v) is 4.05. The third kappa shape index (κ3) is 6.81. The molecule has 0 amide bonds. The SMILES string of the molecule is C=C(C(F)F)N(CC)CC(C)C(C)C.CC. The van der Waals surface area contributed by atoms with Gasteiger partial charge in [-0.3, -0.25) is 0 Å². The van der Waals surface area contributed by atoms with E-state index in [0.717, 1.165) is 0 Å². The summed E-state index contributed by atoms with van der Waals surface area (Å²) >= 11 is 0. The van der Waals surface area contributed by atoms with E-state index in [-0.39, 0.29) is 5.70 Å². The average molecular weight is 235 g/mol. The highest BCUT2D eigenvalue weighted by Gasteiger charge is 2.18. The zero-order chi connectivity index (χ0) is 13.3. The molecule has 0 radical (unpaired) electrons. The number of halogens is 2. The van der Waals surface area contributed by atoms with Crippen molar-refractivity contribution in [3.63, 3.8) is 0 Å². The smallest absolute Gasteiger partial charge is 0.277 e. The van der Waals surface area contributed by atoms with Gasteiger partial charge in [0.25, 0.3) is 6.43 Å². The zero-order valence-corrected chi connectivity index (χ0v) is 11.6. The Morgan fingerprint density at radius 2 is 1.62 bits per heavy atom. The largest absolute Gasteiger partial charge is 0.371 e. The van der Waals surface area contributed by atoms with E-state index in [2.05, 4.69) is 27.4 Å². The van der Waals surface area contributed by atoms with Crippen LogP contribution in [0.1, 0.15) is 41.5 Å². The van der Waals surface area contributed by atoms with Crippen LogP contribution in [0.15, 0.2) is 12.3 Å². The highest BCUT2D eigenvalue weighted by atomic mass is 19.3. The van der Waals surface area contributed by atoms with Crippen molar-refractivity contribution in [2.75, 3.05) is 13.1 Å². The third-order valence-corrected chi connectivity index (χ3v) is 2.69. The van der Waals surface area contributed by atoms with Crippen LogP contribution in [0.4, 0.5) is 8.78 Å². The average Bonchev–Trinajstić information content (AvgIpc) is 2.26. The van der Waals surface area contributed by atoms with Crippen LogP contribution in [0, 0.1) is 11.8 Å². The van der Waals surface area contributed by atoms with Gasteiger partial charge in [0.05, 0.1) is 5.70 Å². The molecule has 0 N–H and O–H groups in total. The number of rotatable bonds is 6. The van der Waals surface area contributed by atoms with Crippen molar-refractivity contribution in [3.05, 3.63) is 12.3 Å². The van der Waals surface area contributed by atoms with E-state index in [1.54, 1.807) is 4.90 Å². The Morgan fingerprint density at radius 1 is 1.19 bits per heavy atom. The highest BCUT2D eigenvalue weighted by molar-refractivity contribution is 4.97. The first-order valence-electron chi connectivity index (χ1n) is 6.12. The standard InChI is InChI=1S/C11H21F2N.C2H6/c1-6-14(10(5)11(12)13)7-9(4)8(2)3;1-2/h8-9,11H,5-7H2,1-4H3;1-2H3. The van der Waals surface area contributed by atoms with Crippen molar-refractivity contribution in [3.8, 4) is 0 Å². The first-order chi connectivity index (χ1) is 7.40. The second-order valence-electron chi connectivity index (χ2n) is 4.05. The first kappa shape index (κ1) is 17.8. The molecule has 0 bridgehead atoms. The van der Waals surface area contributed by atoms with E-state index in [4.69, 9.17) is 0 Å². The fraction of sp³-hybridized carbons (Fsp3) is 0.846. The Morgan fingerprint density at radius 3 is 1.88 bits per heavy atom. The van der Waals surface area contributed by atoms with E-state index in [0.29, 0.717) is 24.9 Å². The number of alkyl halides is 2. The van der Waals surface area contributed by atoms with Crippen LogP contribution in [0.25, 0.3) is 0 Å². The number of nitrogens with zero attached hydrogens (tertiary/aromatic N) is 1. The van der Waals surface area contributed by atoms with E-state index in [1.165, 1.54) is 0 Å². The molecule has 0 spiro atoms. The summed E-state index contributed by atoms with van der Waals surface area (Å²) < 4.78 is 24.8. The minimum Gasteiger partial charge on any atom is -0.371 e. The van der Waals surface area contributed by atoms with Gasteiger partial charge in [-0.2, -0.15) is 0 Å². The van der Waals surface area contributed by atoms with Gasteiger partial charge in [0, 0.05) is 13.1 Å². The summed E-state index contributed by atoms with van der Waals surface area (Å²) in [5.41, 5.74) is -0.0556. The summed E-state index contributed by atoms with van der Waals surface area (Å²) in [5, 5.41) is 0. The first-order valence-corrected chi connectivity index (χ1v) is 6.12. The lowest BCUT2D eigenvalue weighted by atomic mass is 9.97. The molecule has 0 fully saturated rings. The normalized spacial score (nSPS) is 12.1. The van der Waals surface area contributed by atoms with Crippen LogP contribution in [0.2, 0.25) is 0 Å². The molecule has 0 aromatic heterocycles. The Hall–Kier alpha value is -0.600. The van der Waals surface area contributed by atoms with Crippen molar-refractivity contribution < 1.29 is 8.78 Å². The summed E-state index contributed by atoms with van der Waals surface area (Å²) in [5.74, 6) is 0.917. The van der Waals surface area contributed by atoms with Crippen LogP contribution in [0.3, 0.4) is 0 Å². The van der Waals surface area contributed by atoms with Gasteiger partial charge in [-0.05, 0) is 18.8 Å². The Labute approximate surface area is 99.5 Å². The van der Waals surface area contributed by atoms with Crippen LogP contribution >= 0.6 is 0 Å². The molecule has 0 aliphatic carbocycles. The quantitative estimate of drug-likeness (QED) is 0.659.